The van der Waals surface area contributed by atoms with Crippen molar-refractivity contribution >= 4 is 22.9 Å². The summed E-state index contributed by atoms with van der Waals surface area (Å²) in [5.74, 6) is -0.481. The van der Waals surface area contributed by atoms with Crippen molar-refractivity contribution in [3.8, 4) is 5.75 Å². The molecule has 238 valence electrons. The number of carbonyl (C=O) groups excluding carboxylic acids is 1. The Morgan fingerprint density at radius 3 is 2.22 bits per heavy atom. The Kier molecular flexibility index (Phi) is 8.45. The van der Waals surface area contributed by atoms with Crippen LogP contribution in [0.3, 0.4) is 0 Å². The number of Topliss-reactive ketones (excluding diaryl/α,β-unsaturated/α-hetero) is 1. The number of methoxy groups -OCH3 is 1. The molecule has 1 unspecified atom stereocenters. The van der Waals surface area contributed by atoms with Crippen LogP contribution in [-0.4, -0.2) is 67.0 Å². The van der Waals surface area contributed by atoms with Gasteiger partial charge < -0.3 is 30.2 Å². The Balaban J connectivity index is 1.52. The average Bonchev–Trinajstić information content (AvgIpc) is 3.62. The molecule has 5 atom stereocenters. The minimum Gasteiger partial charge on any atom is -0.497 e. The van der Waals surface area contributed by atoms with E-state index in [0.717, 1.165) is 0 Å². The van der Waals surface area contributed by atoms with E-state index >= 15 is 0 Å². The van der Waals surface area contributed by atoms with Gasteiger partial charge in [-0.1, -0.05) is 86.6 Å². The maximum Gasteiger partial charge on any atom is 0.280 e. The summed E-state index contributed by atoms with van der Waals surface area (Å²) in [5.41, 5.74) is 5.91. The summed E-state index contributed by atoms with van der Waals surface area (Å²) < 4.78 is 20.3. The number of nitrogen functional groups attached to an aromatic ring is 1. The number of H-pyrrole nitrogens is 1. The van der Waals surface area contributed by atoms with E-state index in [2.05, 4.69) is 15.0 Å². The van der Waals surface area contributed by atoms with Crippen molar-refractivity contribution in [3.05, 3.63) is 118 Å². The van der Waals surface area contributed by atoms with Crippen LogP contribution < -0.4 is 16.0 Å². The second-order valence-electron chi connectivity index (χ2n) is 11.5. The fourth-order valence-electron chi connectivity index (χ4n) is 5.99. The largest absolute Gasteiger partial charge is 0.497 e. The topological polar surface area (TPSA) is 175 Å². The Morgan fingerprint density at radius 1 is 0.978 bits per heavy atom. The van der Waals surface area contributed by atoms with Crippen molar-refractivity contribution < 1.29 is 29.2 Å². The van der Waals surface area contributed by atoms with Gasteiger partial charge >= 0.3 is 0 Å². The molecule has 0 bridgehead atoms. The smallest absolute Gasteiger partial charge is 0.280 e. The number of aliphatic hydroxyl groups excluding tert-OH is 2. The van der Waals surface area contributed by atoms with E-state index in [1.807, 2.05) is 84.9 Å². The second kappa shape index (κ2) is 12.5. The quantitative estimate of drug-likeness (QED) is 0.169. The SMILES string of the molecule is COc1cccc(C(OC(C(=O)C(C)C)[C@H]2O[C@@H](n3cnc4c(=O)[nH]c(N)nc43)[C@H](O)[C@@H]2O)(c2ccccc2)c2ccccc2)c1. The van der Waals surface area contributed by atoms with Crippen LogP contribution in [0, 0.1) is 5.92 Å². The third-order valence-electron chi connectivity index (χ3n) is 8.29. The van der Waals surface area contributed by atoms with Crippen LogP contribution in [0.5, 0.6) is 5.75 Å². The number of ether oxygens (including phenoxy) is 3. The number of hydrogen-bond donors (Lipinski definition) is 4. The normalized spacial score (nSPS) is 20.7. The minimum absolute atomic E-state index is 0.0285. The highest BCUT2D eigenvalue weighted by molar-refractivity contribution is 5.86. The summed E-state index contributed by atoms with van der Waals surface area (Å²) >= 11 is 0. The molecule has 6 rings (SSSR count). The van der Waals surface area contributed by atoms with Crippen LogP contribution in [0.2, 0.25) is 0 Å². The van der Waals surface area contributed by atoms with Crippen molar-refractivity contribution in [3.63, 3.8) is 0 Å². The number of aromatic nitrogens is 4. The molecule has 5 N–H and O–H groups in total. The molecular formula is C34H35N5O7. The van der Waals surface area contributed by atoms with Gasteiger partial charge in [-0.15, -0.1) is 0 Å². The number of imidazole rings is 1. The molecule has 5 aromatic rings. The number of aromatic amines is 1. The third kappa shape index (κ3) is 5.35. The second-order valence-corrected chi connectivity index (χ2v) is 11.5. The summed E-state index contributed by atoms with van der Waals surface area (Å²) in [6.45, 7) is 3.46. The van der Waals surface area contributed by atoms with Gasteiger partial charge in [-0.25, -0.2) is 4.98 Å². The van der Waals surface area contributed by atoms with Gasteiger partial charge in [0.2, 0.25) is 5.95 Å². The molecular weight excluding hydrogens is 590 g/mol. The fourth-order valence-corrected chi connectivity index (χ4v) is 5.99. The highest BCUT2D eigenvalue weighted by atomic mass is 16.6. The predicted octanol–water partition coefficient (Wildman–Crippen LogP) is 2.93. The lowest BCUT2D eigenvalue weighted by Crippen LogP contribution is -2.50. The highest BCUT2D eigenvalue weighted by Gasteiger charge is 2.53. The van der Waals surface area contributed by atoms with Crippen LogP contribution in [0.1, 0.15) is 36.8 Å². The number of nitrogens with one attached hydrogen (secondary N) is 1. The average molecular weight is 626 g/mol. The van der Waals surface area contributed by atoms with E-state index in [0.29, 0.717) is 22.4 Å². The Hall–Kier alpha value is -4.88. The molecule has 12 nitrogen and oxygen atoms in total. The number of carbonyl (C=O) groups is 1. The van der Waals surface area contributed by atoms with E-state index in [-0.39, 0.29) is 22.9 Å². The van der Waals surface area contributed by atoms with Crippen LogP contribution >= 0.6 is 0 Å². The first-order valence-electron chi connectivity index (χ1n) is 14.9. The summed E-state index contributed by atoms with van der Waals surface area (Å²) in [6, 6.07) is 26.2. The van der Waals surface area contributed by atoms with Crippen molar-refractivity contribution in [2.45, 2.75) is 50.1 Å². The van der Waals surface area contributed by atoms with Crippen molar-refractivity contribution in [2.75, 3.05) is 12.8 Å². The molecule has 3 heterocycles. The van der Waals surface area contributed by atoms with Gasteiger partial charge in [0.25, 0.3) is 5.56 Å². The molecule has 0 spiro atoms. The van der Waals surface area contributed by atoms with Crippen LogP contribution in [-0.2, 0) is 19.9 Å². The lowest BCUT2D eigenvalue weighted by Gasteiger charge is -2.40. The molecule has 0 radical (unpaired) electrons. The van der Waals surface area contributed by atoms with E-state index in [9.17, 15) is 19.8 Å². The molecule has 1 aliphatic rings. The molecule has 1 aliphatic heterocycles. The molecule has 46 heavy (non-hydrogen) atoms. The maximum absolute atomic E-state index is 14.2. The Labute approximate surface area is 264 Å². The highest BCUT2D eigenvalue weighted by Crippen LogP contribution is 2.45. The van der Waals surface area contributed by atoms with Gasteiger partial charge in [0.05, 0.1) is 13.4 Å². The number of hydrogen-bond acceptors (Lipinski definition) is 10. The molecule has 1 saturated heterocycles. The zero-order chi connectivity index (χ0) is 32.6. The summed E-state index contributed by atoms with van der Waals surface area (Å²) in [6.07, 6.45) is -5.87. The first-order valence-corrected chi connectivity index (χ1v) is 14.9. The number of fused-ring (bicyclic) bond motifs is 1. The maximum atomic E-state index is 14.2. The van der Waals surface area contributed by atoms with Crippen molar-refractivity contribution in [1.82, 2.24) is 19.5 Å². The van der Waals surface area contributed by atoms with E-state index in [1.54, 1.807) is 21.0 Å². The number of nitrogens with zero attached hydrogens (tertiary/aromatic N) is 3. The van der Waals surface area contributed by atoms with Crippen molar-refractivity contribution in [2.24, 2.45) is 5.92 Å². The van der Waals surface area contributed by atoms with Crippen LogP contribution in [0.15, 0.2) is 96.1 Å². The lowest BCUT2D eigenvalue weighted by molar-refractivity contribution is -0.168. The van der Waals surface area contributed by atoms with E-state index in [1.165, 1.54) is 10.9 Å². The standard InChI is InChI=1S/C34H35N5O7/c1-19(2)25(40)29(28-26(41)27(42)32(45-28)39-18-36-24-30(39)37-33(35)38-31(24)43)46-34(20-11-6-4-7-12-20,21-13-8-5-9-14-21)22-15-10-16-23(17-22)44-3/h4-19,26-29,32,41-42H,1-3H3,(H3,35,37,38,43)/t26-,27+,28-,29?,32+/m0/s1. The Bertz CT molecular complexity index is 1850. The van der Waals surface area contributed by atoms with Crippen LogP contribution in [0.4, 0.5) is 5.95 Å². The third-order valence-corrected chi connectivity index (χ3v) is 8.29. The number of aliphatic hydroxyl groups is 2. The Morgan fingerprint density at radius 2 is 1.61 bits per heavy atom. The molecule has 12 heteroatoms. The monoisotopic (exact) mass is 625 g/mol. The van der Waals surface area contributed by atoms with E-state index < -0.39 is 47.7 Å². The first kappa shape index (κ1) is 31.1. The van der Waals surface area contributed by atoms with Gasteiger partial charge in [-0.3, -0.25) is 19.1 Å². The first-order chi connectivity index (χ1) is 22.1. The molecule has 0 saturated carbocycles. The molecule has 1 fully saturated rings. The zero-order valence-electron chi connectivity index (χ0n) is 25.5. The van der Waals surface area contributed by atoms with Gasteiger partial charge in [-0.05, 0) is 28.8 Å². The minimum atomic E-state index is -1.58. The zero-order valence-corrected chi connectivity index (χ0v) is 25.5. The summed E-state index contributed by atoms with van der Waals surface area (Å²) in [5, 5.41) is 22.9. The number of rotatable bonds is 10. The van der Waals surface area contributed by atoms with Gasteiger partial charge in [-0.2, -0.15) is 4.98 Å². The fraction of sp³-hybridized carbons (Fsp3) is 0.294. The van der Waals surface area contributed by atoms with Gasteiger partial charge in [0.1, 0.15) is 35.8 Å². The number of ketones is 1. The van der Waals surface area contributed by atoms with Crippen molar-refractivity contribution in [1.29, 1.82) is 0 Å². The van der Waals surface area contributed by atoms with Gasteiger partial charge in [0.15, 0.2) is 23.2 Å². The molecule has 3 aromatic carbocycles. The van der Waals surface area contributed by atoms with Crippen LogP contribution in [0.25, 0.3) is 11.2 Å². The molecule has 2 aromatic heterocycles. The number of benzene rings is 3. The van der Waals surface area contributed by atoms with Gasteiger partial charge in [0, 0.05) is 5.92 Å². The molecule has 0 aliphatic carbocycles. The predicted molar refractivity (Wildman–Crippen MR) is 169 cm³/mol. The lowest BCUT2D eigenvalue weighted by atomic mass is 9.79. The summed E-state index contributed by atoms with van der Waals surface area (Å²) in [4.78, 5) is 37.3. The number of anilines is 1. The van der Waals surface area contributed by atoms with E-state index in [4.69, 9.17) is 19.9 Å². The number of nitrogens with two attached hydrogens (primary N) is 1. The molecule has 0 amide bonds. The summed E-state index contributed by atoms with van der Waals surface area (Å²) in [7, 11) is 1.57.